The van der Waals surface area contributed by atoms with Crippen molar-refractivity contribution in [2.45, 2.75) is 32.7 Å². The molecule has 0 saturated carbocycles. The number of hydrogen-bond donors (Lipinski definition) is 0. The summed E-state index contributed by atoms with van der Waals surface area (Å²) in [5, 5.41) is 0. The molecule has 0 atom stereocenters. The number of aromatic nitrogens is 1. The standard InChI is InChI=1S/C21H22N2O3S/c1-3-15-9-11-17-18(13-15)27-21(23(17)14-20(25)26-2)22-19(24)12-10-16-7-5-4-6-8-16/h4-9,11,13H,3,10,12,14H2,1-2H3. The molecule has 0 aliphatic heterocycles. The van der Waals surface area contributed by atoms with Crippen LogP contribution in [0, 0.1) is 0 Å². The second kappa shape index (κ2) is 8.77. The van der Waals surface area contributed by atoms with E-state index in [1.165, 1.54) is 24.0 Å². The molecule has 6 heteroatoms. The molecule has 1 amide bonds. The molecule has 0 N–H and O–H groups in total. The molecule has 0 bridgehead atoms. The van der Waals surface area contributed by atoms with E-state index < -0.39 is 0 Å². The molecular weight excluding hydrogens is 360 g/mol. The van der Waals surface area contributed by atoms with Gasteiger partial charge in [-0.2, -0.15) is 4.99 Å². The molecule has 0 spiro atoms. The van der Waals surface area contributed by atoms with E-state index in [2.05, 4.69) is 18.0 Å². The Kier molecular flexibility index (Phi) is 6.19. The van der Waals surface area contributed by atoms with Crippen molar-refractivity contribution in [3.8, 4) is 0 Å². The van der Waals surface area contributed by atoms with E-state index >= 15 is 0 Å². The maximum Gasteiger partial charge on any atom is 0.325 e. The van der Waals surface area contributed by atoms with Crippen LogP contribution in [0.3, 0.4) is 0 Å². The molecule has 0 aliphatic carbocycles. The predicted molar refractivity (Wildman–Crippen MR) is 107 cm³/mol. The number of carbonyl (C=O) groups is 2. The van der Waals surface area contributed by atoms with Crippen LogP contribution in [-0.4, -0.2) is 23.6 Å². The molecule has 5 nitrogen and oxygen atoms in total. The number of carbonyl (C=O) groups excluding carboxylic acids is 2. The van der Waals surface area contributed by atoms with Crippen LogP contribution in [0.2, 0.25) is 0 Å². The average molecular weight is 382 g/mol. The van der Waals surface area contributed by atoms with Crippen LogP contribution in [0.4, 0.5) is 0 Å². The lowest BCUT2D eigenvalue weighted by atomic mass is 10.1. The first-order valence-corrected chi connectivity index (χ1v) is 9.73. The zero-order valence-electron chi connectivity index (χ0n) is 15.5. The third-order valence-corrected chi connectivity index (χ3v) is 5.40. The van der Waals surface area contributed by atoms with Crippen molar-refractivity contribution in [3.63, 3.8) is 0 Å². The number of nitrogens with zero attached hydrogens (tertiary/aromatic N) is 2. The molecule has 0 unspecified atom stereocenters. The molecule has 3 aromatic rings. The summed E-state index contributed by atoms with van der Waals surface area (Å²) in [7, 11) is 1.36. The van der Waals surface area contributed by atoms with Crippen LogP contribution in [0.15, 0.2) is 53.5 Å². The van der Waals surface area contributed by atoms with Crippen LogP contribution >= 0.6 is 11.3 Å². The van der Waals surface area contributed by atoms with E-state index in [0.29, 0.717) is 17.6 Å². The zero-order chi connectivity index (χ0) is 19.2. The Labute approximate surface area is 161 Å². The number of rotatable bonds is 6. The van der Waals surface area contributed by atoms with Crippen molar-refractivity contribution in [3.05, 3.63) is 64.5 Å². The molecule has 2 aromatic carbocycles. The summed E-state index contributed by atoms with van der Waals surface area (Å²) in [5.41, 5.74) is 3.19. The molecule has 27 heavy (non-hydrogen) atoms. The summed E-state index contributed by atoms with van der Waals surface area (Å²) >= 11 is 1.42. The molecule has 1 aromatic heterocycles. The highest BCUT2D eigenvalue weighted by Gasteiger charge is 2.12. The van der Waals surface area contributed by atoms with Gasteiger partial charge in [-0.15, -0.1) is 0 Å². The van der Waals surface area contributed by atoms with Gasteiger partial charge in [0, 0.05) is 6.42 Å². The van der Waals surface area contributed by atoms with Crippen LogP contribution in [0.1, 0.15) is 24.5 Å². The normalized spacial score (nSPS) is 11.7. The second-order valence-electron chi connectivity index (χ2n) is 6.19. The molecule has 0 saturated heterocycles. The minimum absolute atomic E-state index is 0.0345. The quantitative estimate of drug-likeness (QED) is 0.613. The summed E-state index contributed by atoms with van der Waals surface area (Å²) < 4.78 is 7.56. The Morgan fingerprint density at radius 3 is 2.59 bits per heavy atom. The summed E-state index contributed by atoms with van der Waals surface area (Å²) in [6.07, 6.45) is 1.90. The fourth-order valence-electron chi connectivity index (χ4n) is 2.83. The van der Waals surface area contributed by atoms with E-state index in [9.17, 15) is 9.59 Å². The SMILES string of the molecule is CCc1ccc2c(c1)sc(=NC(=O)CCc1ccccc1)n2CC(=O)OC. The molecule has 1 heterocycles. The minimum Gasteiger partial charge on any atom is -0.468 e. The van der Waals surface area contributed by atoms with Crippen molar-refractivity contribution in [1.82, 2.24) is 4.57 Å². The van der Waals surface area contributed by atoms with Crippen LogP contribution in [-0.2, 0) is 33.7 Å². The van der Waals surface area contributed by atoms with Gasteiger partial charge in [0.05, 0.1) is 17.3 Å². The zero-order valence-corrected chi connectivity index (χ0v) is 16.3. The summed E-state index contributed by atoms with van der Waals surface area (Å²) in [4.78, 5) is 29.1. The Bertz CT molecular complexity index is 1020. The Morgan fingerprint density at radius 1 is 1.11 bits per heavy atom. The van der Waals surface area contributed by atoms with Gasteiger partial charge in [0.1, 0.15) is 6.54 Å². The molecule has 140 valence electrons. The van der Waals surface area contributed by atoms with Crippen LogP contribution < -0.4 is 4.80 Å². The smallest absolute Gasteiger partial charge is 0.325 e. The highest BCUT2D eigenvalue weighted by molar-refractivity contribution is 7.16. The number of aryl methyl sites for hydroxylation is 2. The molecule has 0 aliphatic rings. The van der Waals surface area contributed by atoms with Gasteiger partial charge in [-0.1, -0.05) is 54.7 Å². The van der Waals surface area contributed by atoms with Gasteiger partial charge in [-0.05, 0) is 36.1 Å². The van der Waals surface area contributed by atoms with Gasteiger partial charge in [0.2, 0.25) is 5.91 Å². The van der Waals surface area contributed by atoms with Crippen molar-refractivity contribution in [2.75, 3.05) is 7.11 Å². The summed E-state index contributed by atoms with van der Waals surface area (Å²) in [6.45, 7) is 2.13. The van der Waals surface area contributed by atoms with Gasteiger partial charge in [0.15, 0.2) is 4.80 Å². The highest BCUT2D eigenvalue weighted by atomic mass is 32.1. The van der Waals surface area contributed by atoms with Gasteiger partial charge in [0.25, 0.3) is 0 Å². The van der Waals surface area contributed by atoms with Crippen molar-refractivity contribution in [1.29, 1.82) is 0 Å². The number of fused-ring (bicyclic) bond motifs is 1. The Balaban J connectivity index is 1.92. The van der Waals surface area contributed by atoms with E-state index in [4.69, 9.17) is 4.74 Å². The van der Waals surface area contributed by atoms with Crippen molar-refractivity contribution < 1.29 is 14.3 Å². The molecule has 0 radical (unpaired) electrons. The molecule has 3 rings (SSSR count). The summed E-state index contributed by atoms with van der Waals surface area (Å²) in [6, 6.07) is 15.9. The second-order valence-corrected chi connectivity index (χ2v) is 7.20. The number of esters is 1. The predicted octanol–water partition coefficient (Wildman–Crippen LogP) is 3.50. The van der Waals surface area contributed by atoms with Crippen LogP contribution in [0.5, 0.6) is 0 Å². The average Bonchev–Trinajstić information content (AvgIpc) is 3.03. The number of benzene rings is 2. The van der Waals surface area contributed by atoms with Crippen LogP contribution in [0.25, 0.3) is 10.2 Å². The Hall–Kier alpha value is -2.73. The van der Waals surface area contributed by atoms with Gasteiger partial charge < -0.3 is 9.30 Å². The third kappa shape index (κ3) is 4.71. The van der Waals surface area contributed by atoms with E-state index in [1.54, 1.807) is 4.57 Å². The number of ether oxygens (including phenoxy) is 1. The van der Waals surface area contributed by atoms with Crippen molar-refractivity contribution in [2.24, 2.45) is 4.99 Å². The number of thiazole rings is 1. The molecule has 0 fully saturated rings. The topological polar surface area (TPSA) is 60.7 Å². The van der Waals surface area contributed by atoms with Gasteiger partial charge >= 0.3 is 5.97 Å². The third-order valence-electron chi connectivity index (χ3n) is 4.36. The number of methoxy groups -OCH3 is 1. The van der Waals surface area contributed by atoms with E-state index in [1.807, 2.05) is 42.5 Å². The maximum absolute atomic E-state index is 12.4. The fourth-order valence-corrected chi connectivity index (χ4v) is 3.94. The largest absolute Gasteiger partial charge is 0.468 e. The fraction of sp³-hybridized carbons (Fsp3) is 0.286. The number of hydrogen-bond acceptors (Lipinski definition) is 4. The van der Waals surface area contributed by atoms with Crippen molar-refractivity contribution >= 4 is 33.4 Å². The van der Waals surface area contributed by atoms with E-state index in [-0.39, 0.29) is 18.4 Å². The van der Waals surface area contributed by atoms with E-state index in [0.717, 1.165) is 22.2 Å². The first-order chi connectivity index (χ1) is 13.1. The van der Waals surface area contributed by atoms with Gasteiger partial charge in [-0.3, -0.25) is 9.59 Å². The highest BCUT2D eigenvalue weighted by Crippen LogP contribution is 2.20. The maximum atomic E-state index is 12.4. The minimum atomic E-state index is -0.368. The monoisotopic (exact) mass is 382 g/mol. The number of amides is 1. The first-order valence-electron chi connectivity index (χ1n) is 8.91. The first kappa shape index (κ1) is 19.0. The lowest BCUT2D eigenvalue weighted by Gasteiger charge is -2.04. The summed E-state index contributed by atoms with van der Waals surface area (Å²) in [5.74, 6) is -0.563. The molecular formula is C21H22N2O3S. The Morgan fingerprint density at radius 2 is 1.89 bits per heavy atom. The van der Waals surface area contributed by atoms with Gasteiger partial charge in [-0.25, -0.2) is 0 Å². The lowest BCUT2D eigenvalue weighted by molar-refractivity contribution is -0.141. The lowest BCUT2D eigenvalue weighted by Crippen LogP contribution is -2.22.